The van der Waals surface area contributed by atoms with Crippen LogP contribution in [0.25, 0.3) is 0 Å². The molecule has 0 amide bonds. The molecule has 5 heteroatoms. The average Bonchev–Trinajstić information content (AvgIpc) is 2.94. The highest BCUT2D eigenvalue weighted by molar-refractivity contribution is 7.88. The van der Waals surface area contributed by atoms with E-state index in [2.05, 4.69) is 0 Å². The largest absolute Gasteiger partial charge is 0.493 e. The van der Waals surface area contributed by atoms with Crippen LogP contribution < -0.4 is 4.74 Å². The lowest BCUT2D eigenvalue weighted by Crippen LogP contribution is -2.29. The van der Waals surface area contributed by atoms with Gasteiger partial charge in [0.15, 0.2) is 0 Å². The van der Waals surface area contributed by atoms with E-state index >= 15 is 0 Å². The lowest BCUT2D eigenvalue weighted by atomic mass is 10.1. The summed E-state index contributed by atoms with van der Waals surface area (Å²) in [7, 11) is -3.27. The minimum absolute atomic E-state index is 0.376. The van der Waals surface area contributed by atoms with E-state index in [-0.39, 0.29) is 0 Å². The molecular formula is C17H19NO3S. The minimum Gasteiger partial charge on any atom is -0.493 e. The molecular weight excluding hydrogens is 298 g/mol. The standard InChI is InChI=1S/C17H19NO3S/c1-22(19,20)18(12-14-5-3-2-4-6-14)13-15-7-8-17-16(11-15)9-10-21-17/h2-8,11H,9-10,12-13H2,1H3. The third kappa shape index (κ3) is 3.48. The fourth-order valence-electron chi connectivity index (χ4n) is 2.62. The SMILES string of the molecule is CS(=O)(=O)N(Cc1ccccc1)Cc1ccc2c(c1)CCO2. The molecule has 22 heavy (non-hydrogen) atoms. The molecule has 0 aliphatic carbocycles. The van der Waals surface area contributed by atoms with Crippen molar-refractivity contribution in [2.45, 2.75) is 19.5 Å². The lowest BCUT2D eigenvalue weighted by Gasteiger charge is -2.20. The van der Waals surface area contributed by atoms with Crippen LogP contribution in [0, 0.1) is 0 Å². The summed E-state index contributed by atoms with van der Waals surface area (Å²) in [4.78, 5) is 0. The first-order chi connectivity index (χ1) is 10.5. The molecule has 116 valence electrons. The molecule has 0 atom stereocenters. The highest BCUT2D eigenvalue weighted by Gasteiger charge is 2.19. The predicted octanol–water partition coefficient (Wildman–Crippen LogP) is 2.58. The molecule has 4 nitrogen and oxygen atoms in total. The monoisotopic (exact) mass is 317 g/mol. The van der Waals surface area contributed by atoms with Crippen LogP contribution in [0.4, 0.5) is 0 Å². The molecule has 3 rings (SSSR count). The zero-order valence-electron chi connectivity index (χ0n) is 12.5. The molecule has 2 aromatic rings. The van der Waals surface area contributed by atoms with Crippen LogP contribution >= 0.6 is 0 Å². The molecule has 2 aromatic carbocycles. The van der Waals surface area contributed by atoms with Crippen LogP contribution in [-0.2, 0) is 29.5 Å². The fraction of sp³-hybridized carbons (Fsp3) is 0.294. The Morgan fingerprint density at radius 1 is 1.05 bits per heavy atom. The van der Waals surface area contributed by atoms with Gasteiger partial charge in [-0.05, 0) is 22.8 Å². The normalized spacial score (nSPS) is 13.9. The van der Waals surface area contributed by atoms with E-state index in [1.807, 2.05) is 48.5 Å². The van der Waals surface area contributed by atoms with Crippen molar-refractivity contribution in [3.8, 4) is 5.75 Å². The van der Waals surface area contributed by atoms with E-state index in [1.54, 1.807) is 0 Å². The van der Waals surface area contributed by atoms with Crippen molar-refractivity contribution in [3.63, 3.8) is 0 Å². The van der Waals surface area contributed by atoms with Gasteiger partial charge in [-0.15, -0.1) is 0 Å². The number of benzene rings is 2. The first-order valence-electron chi connectivity index (χ1n) is 7.26. The van der Waals surface area contributed by atoms with Gasteiger partial charge in [0.25, 0.3) is 0 Å². The van der Waals surface area contributed by atoms with Gasteiger partial charge in [0.1, 0.15) is 5.75 Å². The maximum Gasteiger partial charge on any atom is 0.211 e. The van der Waals surface area contributed by atoms with E-state index in [1.165, 1.54) is 10.6 Å². The quantitative estimate of drug-likeness (QED) is 0.851. The minimum atomic E-state index is -3.27. The van der Waals surface area contributed by atoms with E-state index < -0.39 is 10.0 Å². The first kappa shape index (κ1) is 15.1. The highest BCUT2D eigenvalue weighted by Crippen LogP contribution is 2.26. The molecule has 0 fully saturated rings. The van der Waals surface area contributed by atoms with Crippen molar-refractivity contribution >= 4 is 10.0 Å². The van der Waals surface area contributed by atoms with Crippen molar-refractivity contribution in [2.75, 3.05) is 12.9 Å². The van der Waals surface area contributed by atoms with E-state index in [9.17, 15) is 8.42 Å². The topological polar surface area (TPSA) is 46.6 Å². The fourth-order valence-corrected chi connectivity index (χ4v) is 3.39. The summed E-state index contributed by atoms with van der Waals surface area (Å²) in [6.45, 7) is 1.47. The summed E-state index contributed by atoms with van der Waals surface area (Å²) in [6.07, 6.45) is 2.15. The molecule has 1 aliphatic heterocycles. The number of hydrogen-bond acceptors (Lipinski definition) is 3. The second-order valence-electron chi connectivity index (χ2n) is 5.56. The second kappa shape index (κ2) is 6.10. The van der Waals surface area contributed by atoms with E-state index in [0.29, 0.717) is 19.7 Å². The number of hydrogen-bond donors (Lipinski definition) is 0. The maximum absolute atomic E-state index is 12.1. The molecule has 0 saturated heterocycles. The predicted molar refractivity (Wildman–Crippen MR) is 86.2 cm³/mol. The van der Waals surface area contributed by atoms with Crippen molar-refractivity contribution in [2.24, 2.45) is 0 Å². The van der Waals surface area contributed by atoms with Gasteiger partial charge in [-0.25, -0.2) is 8.42 Å². The van der Waals surface area contributed by atoms with Crippen molar-refractivity contribution in [1.29, 1.82) is 0 Å². The van der Waals surface area contributed by atoms with Crippen LogP contribution in [0.2, 0.25) is 0 Å². The molecule has 0 unspecified atom stereocenters. The molecule has 1 aliphatic rings. The molecule has 0 radical (unpaired) electrons. The van der Waals surface area contributed by atoms with E-state index in [0.717, 1.165) is 28.9 Å². The smallest absolute Gasteiger partial charge is 0.211 e. The molecule has 0 N–H and O–H groups in total. The van der Waals surface area contributed by atoms with Crippen LogP contribution in [-0.4, -0.2) is 25.6 Å². The van der Waals surface area contributed by atoms with Gasteiger partial charge >= 0.3 is 0 Å². The molecule has 0 saturated carbocycles. The second-order valence-corrected chi connectivity index (χ2v) is 7.54. The van der Waals surface area contributed by atoms with Gasteiger partial charge in [-0.2, -0.15) is 4.31 Å². The van der Waals surface area contributed by atoms with Crippen LogP contribution in [0.1, 0.15) is 16.7 Å². The van der Waals surface area contributed by atoms with Gasteiger partial charge in [0.2, 0.25) is 10.0 Å². The number of fused-ring (bicyclic) bond motifs is 1. The zero-order valence-corrected chi connectivity index (χ0v) is 13.3. The van der Waals surface area contributed by atoms with Gasteiger partial charge in [0, 0.05) is 19.5 Å². The number of sulfonamides is 1. The van der Waals surface area contributed by atoms with Gasteiger partial charge in [-0.1, -0.05) is 42.5 Å². The first-order valence-corrected chi connectivity index (χ1v) is 9.11. The zero-order chi connectivity index (χ0) is 15.6. The van der Waals surface area contributed by atoms with Gasteiger partial charge in [-0.3, -0.25) is 0 Å². The Morgan fingerprint density at radius 2 is 1.77 bits per heavy atom. The Hall–Kier alpha value is -1.85. The maximum atomic E-state index is 12.1. The Bertz CT molecular complexity index is 757. The Balaban J connectivity index is 1.81. The van der Waals surface area contributed by atoms with Crippen molar-refractivity contribution in [1.82, 2.24) is 4.31 Å². The number of rotatable bonds is 5. The average molecular weight is 317 g/mol. The van der Waals surface area contributed by atoms with E-state index in [4.69, 9.17) is 4.74 Å². The number of ether oxygens (including phenoxy) is 1. The van der Waals surface area contributed by atoms with Crippen LogP contribution in [0.5, 0.6) is 5.75 Å². The summed E-state index contributed by atoms with van der Waals surface area (Å²) in [6, 6.07) is 15.6. The van der Waals surface area contributed by atoms with Gasteiger partial charge < -0.3 is 4.74 Å². The summed E-state index contributed by atoms with van der Waals surface area (Å²) >= 11 is 0. The summed E-state index contributed by atoms with van der Waals surface area (Å²) in [5.41, 5.74) is 3.13. The van der Waals surface area contributed by atoms with Crippen molar-refractivity contribution in [3.05, 3.63) is 65.2 Å². The van der Waals surface area contributed by atoms with Gasteiger partial charge in [0.05, 0.1) is 12.9 Å². The molecule has 0 spiro atoms. The summed E-state index contributed by atoms with van der Waals surface area (Å²) in [5.74, 6) is 0.915. The van der Waals surface area contributed by atoms with Crippen LogP contribution in [0.15, 0.2) is 48.5 Å². The molecule has 1 heterocycles. The Kier molecular flexibility index (Phi) is 4.18. The number of nitrogens with zero attached hydrogens (tertiary/aromatic N) is 1. The van der Waals surface area contributed by atoms with Crippen molar-refractivity contribution < 1.29 is 13.2 Å². The molecule has 0 aromatic heterocycles. The Morgan fingerprint density at radius 3 is 2.50 bits per heavy atom. The summed E-state index contributed by atoms with van der Waals surface area (Å²) in [5, 5.41) is 0. The van der Waals surface area contributed by atoms with Crippen LogP contribution in [0.3, 0.4) is 0 Å². The molecule has 0 bridgehead atoms. The third-order valence-corrected chi connectivity index (χ3v) is 4.98. The lowest BCUT2D eigenvalue weighted by molar-refractivity contribution is 0.356. The Labute approximate surface area is 131 Å². The third-order valence-electron chi connectivity index (χ3n) is 3.78. The summed E-state index contributed by atoms with van der Waals surface area (Å²) < 4.78 is 31.1. The highest BCUT2D eigenvalue weighted by atomic mass is 32.2.